The molecule has 11 heteroatoms. The van der Waals surface area contributed by atoms with E-state index >= 15 is 0 Å². The Morgan fingerprint density at radius 3 is 2.63 bits per heavy atom. The lowest BCUT2D eigenvalue weighted by Gasteiger charge is -2.25. The summed E-state index contributed by atoms with van der Waals surface area (Å²) >= 11 is 6.17. The van der Waals surface area contributed by atoms with Crippen molar-refractivity contribution in [1.29, 1.82) is 0 Å². The van der Waals surface area contributed by atoms with Crippen molar-refractivity contribution >= 4 is 29.2 Å². The quantitative estimate of drug-likeness (QED) is 0.517. The molecule has 3 aromatic heterocycles. The Morgan fingerprint density at radius 1 is 1.03 bits per heavy atom. The molecule has 152 valence electrons. The first-order valence-corrected chi connectivity index (χ1v) is 9.69. The van der Waals surface area contributed by atoms with Crippen LogP contribution in [0.5, 0.6) is 0 Å². The molecule has 0 unspecified atom stereocenters. The molecule has 1 N–H and O–H groups in total. The summed E-state index contributed by atoms with van der Waals surface area (Å²) in [6.07, 6.45) is 4.76. The van der Waals surface area contributed by atoms with Gasteiger partial charge >= 0.3 is 0 Å². The lowest BCUT2D eigenvalue weighted by molar-refractivity contribution is 0.122. The van der Waals surface area contributed by atoms with Crippen molar-refractivity contribution in [3.05, 3.63) is 54.1 Å². The first kappa shape index (κ1) is 18.5. The molecule has 0 amide bonds. The molecule has 1 saturated heterocycles. The highest BCUT2D eigenvalue weighted by molar-refractivity contribution is 6.32. The number of benzene rings is 1. The first-order valence-electron chi connectivity index (χ1n) is 9.32. The number of rotatable bonds is 5. The molecule has 4 heterocycles. The van der Waals surface area contributed by atoms with Crippen molar-refractivity contribution in [3.63, 3.8) is 0 Å². The summed E-state index contributed by atoms with van der Waals surface area (Å²) in [6.45, 7) is 2.98. The van der Waals surface area contributed by atoms with Gasteiger partial charge in [0.1, 0.15) is 12.0 Å². The molecule has 0 aliphatic carbocycles. The molecule has 1 aromatic carbocycles. The van der Waals surface area contributed by atoms with Gasteiger partial charge in [0, 0.05) is 24.8 Å². The van der Waals surface area contributed by atoms with E-state index in [1.165, 1.54) is 12.4 Å². The summed E-state index contributed by atoms with van der Waals surface area (Å²) < 4.78 is 12.3. The number of hydrogen-bond donors (Lipinski definition) is 1. The molecular formula is C19H17ClN8O2. The Kier molecular flexibility index (Phi) is 4.99. The van der Waals surface area contributed by atoms with Crippen LogP contribution in [0.4, 0.5) is 17.6 Å². The maximum absolute atomic E-state index is 6.17. The van der Waals surface area contributed by atoms with E-state index in [0.717, 1.165) is 24.5 Å². The fourth-order valence-electron chi connectivity index (χ4n) is 3.05. The Hall–Kier alpha value is -3.50. The maximum atomic E-state index is 6.17. The van der Waals surface area contributed by atoms with Crippen LogP contribution in [-0.4, -0.2) is 56.2 Å². The van der Waals surface area contributed by atoms with Gasteiger partial charge in [0.25, 0.3) is 0 Å². The van der Waals surface area contributed by atoms with Crippen molar-refractivity contribution < 1.29 is 9.26 Å². The third-order valence-corrected chi connectivity index (χ3v) is 4.85. The lowest BCUT2D eigenvalue weighted by atomic mass is 10.3. The number of halogens is 1. The van der Waals surface area contributed by atoms with Gasteiger partial charge in [-0.25, -0.2) is 14.6 Å². The predicted molar refractivity (Wildman–Crippen MR) is 110 cm³/mol. The average molecular weight is 425 g/mol. The highest BCUT2D eigenvalue weighted by atomic mass is 35.5. The van der Waals surface area contributed by atoms with Crippen LogP contribution >= 0.6 is 11.6 Å². The lowest BCUT2D eigenvalue weighted by Crippen LogP contribution is -2.37. The second-order valence-corrected chi connectivity index (χ2v) is 6.93. The van der Waals surface area contributed by atoms with Crippen LogP contribution in [0, 0.1) is 0 Å². The number of anilines is 3. The average Bonchev–Trinajstić information content (AvgIpc) is 3.49. The number of hydrogen-bond acceptors (Lipinski definition) is 9. The molecule has 30 heavy (non-hydrogen) atoms. The van der Waals surface area contributed by atoms with Crippen LogP contribution in [0.15, 0.2) is 53.6 Å². The van der Waals surface area contributed by atoms with Crippen LogP contribution in [0.1, 0.15) is 0 Å². The number of aromatic nitrogens is 6. The molecule has 0 radical (unpaired) electrons. The zero-order valence-corrected chi connectivity index (χ0v) is 16.5. The highest BCUT2D eigenvalue weighted by Gasteiger charge is 2.15. The van der Waals surface area contributed by atoms with Gasteiger partial charge in [-0.3, -0.25) is 0 Å². The van der Waals surface area contributed by atoms with E-state index in [-0.39, 0.29) is 0 Å². The highest BCUT2D eigenvalue weighted by Crippen LogP contribution is 2.26. The normalized spacial score (nSPS) is 14.1. The van der Waals surface area contributed by atoms with Crippen LogP contribution in [0.25, 0.3) is 17.1 Å². The van der Waals surface area contributed by atoms with Gasteiger partial charge < -0.3 is 19.5 Å². The summed E-state index contributed by atoms with van der Waals surface area (Å²) in [5, 5.41) is 11.8. The summed E-state index contributed by atoms with van der Waals surface area (Å²) in [4.78, 5) is 15.2. The summed E-state index contributed by atoms with van der Waals surface area (Å²) in [7, 11) is 0. The molecule has 0 atom stereocenters. The molecule has 1 aliphatic heterocycles. The third-order valence-electron chi connectivity index (χ3n) is 4.58. The van der Waals surface area contributed by atoms with E-state index in [4.69, 9.17) is 20.9 Å². The van der Waals surface area contributed by atoms with E-state index in [1.807, 2.05) is 24.3 Å². The fourth-order valence-corrected chi connectivity index (χ4v) is 3.24. The standard InChI is InChI=1S/C19H17ClN8O2/c20-15-11-21-18(25-17(15)16-5-6-23-30-16)24-13-1-3-14(4-2-13)28-12-22-19(26-28)27-7-9-29-10-8-27/h1-6,11-12H,7-10H2,(H,21,24,25). The van der Waals surface area contributed by atoms with E-state index in [2.05, 4.69) is 35.4 Å². The van der Waals surface area contributed by atoms with Crippen molar-refractivity contribution in [3.8, 4) is 17.1 Å². The molecule has 5 rings (SSSR count). The van der Waals surface area contributed by atoms with Crippen LogP contribution < -0.4 is 10.2 Å². The van der Waals surface area contributed by atoms with E-state index in [9.17, 15) is 0 Å². The predicted octanol–water partition coefficient (Wildman–Crippen LogP) is 2.95. The minimum atomic E-state index is 0.384. The van der Waals surface area contributed by atoms with Crippen LogP contribution in [-0.2, 0) is 4.74 Å². The maximum Gasteiger partial charge on any atom is 0.245 e. The van der Waals surface area contributed by atoms with Crippen molar-refractivity contribution in [2.45, 2.75) is 0 Å². The van der Waals surface area contributed by atoms with Gasteiger partial charge in [0.2, 0.25) is 11.9 Å². The Labute approximate surface area is 176 Å². The van der Waals surface area contributed by atoms with E-state index < -0.39 is 0 Å². The minimum Gasteiger partial charge on any atom is -0.378 e. The van der Waals surface area contributed by atoms with Gasteiger partial charge in [0.15, 0.2) is 5.76 Å². The van der Waals surface area contributed by atoms with Gasteiger partial charge in [-0.2, -0.15) is 4.98 Å². The summed E-state index contributed by atoms with van der Waals surface area (Å²) in [6, 6.07) is 9.39. The van der Waals surface area contributed by atoms with Gasteiger partial charge in [-0.15, -0.1) is 5.10 Å². The molecule has 1 aliphatic rings. The monoisotopic (exact) mass is 424 g/mol. The largest absolute Gasteiger partial charge is 0.378 e. The molecular weight excluding hydrogens is 408 g/mol. The Balaban J connectivity index is 1.31. The smallest absolute Gasteiger partial charge is 0.245 e. The fraction of sp³-hybridized carbons (Fsp3) is 0.211. The zero-order valence-electron chi connectivity index (χ0n) is 15.8. The minimum absolute atomic E-state index is 0.384. The van der Waals surface area contributed by atoms with Crippen molar-refractivity contribution in [1.82, 2.24) is 29.9 Å². The van der Waals surface area contributed by atoms with Crippen LogP contribution in [0.2, 0.25) is 5.02 Å². The SMILES string of the molecule is Clc1cnc(Nc2ccc(-n3cnc(N4CCOCC4)n3)cc2)nc1-c1ccno1. The topological polar surface area (TPSA) is 107 Å². The van der Waals surface area contributed by atoms with Crippen molar-refractivity contribution in [2.75, 3.05) is 36.5 Å². The number of nitrogens with one attached hydrogen (secondary N) is 1. The first-order chi connectivity index (χ1) is 14.8. The van der Waals surface area contributed by atoms with Crippen molar-refractivity contribution in [2.24, 2.45) is 0 Å². The Bertz CT molecular complexity index is 1120. The second kappa shape index (κ2) is 8.09. The third kappa shape index (κ3) is 3.82. The number of morpholine rings is 1. The molecule has 0 saturated carbocycles. The summed E-state index contributed by atoms with van der Waals surface area (Å²) in [5.41, 5.74) is 2.19. The molecule has 1 fully saturated rings. The Morgan fingerprint density at radius 2 is 1.87 bits per heavy atom. The molecule has 0 bridgehead atoms. The van der Waals surface area contributed by atoms with Gasteiger partial charge in [-0.05, 0) is 24.3 Å². The molecule has 4 aromatic rings. The summed E-state index contributed by atoms with van der Waals surface area (Å²) in [5.74, 6) is 1.58. The molecule has 0 spiro atoms. The second-order valence-electron chi connectivity index (χ2n) is 6.53. The zero-order chi connectivity index (χ0) is 20.3. The van der Waals surface area contributed by atoms with E-state index in [1.54, 1.807) is 17.1 Å². The van der Waals surface area contributed by atoms with E-state index in [0.29, 0.717) is 41.6 Å². The van der Waals surface area contributed by atoms with Gasteiger partial charge in [0.05, 0.1) is 36.3 Å². The van der Waals surface area contributed by atoms with Gasteiger partial charge in [-0.1, -0.05) is 16.8 Å². The number of nitrogens with zero attached hydrogens (tertiary/aromatic N) is 7. The molecule has 10 nitrogen and oxygen atoms in total. The van der Waals surface area contributed by atoms with Crippen LogP contribution in [0.3, 0.4) is 0 Å². The number of ether oxygens (including phenoxy) is 1.